The minimum Gasteiger partial charge on any atom is -0.496 e. The number of hydrazine groups is 1. The number of pyridine rings is 1. The van der Waals surface area contributed by atoms with Crippen LogP contribution in [0.25, 0.3) is 0 Å². The van der Waals surface area contributed by atoms with Crippen LogP contribution in [-0.4, -0.2) is 12.1 Å². The average Bonchev–Trinajstić information content (AvgIpc) is 2.93. The summed E-state index contributed by atoms with van der Waals surface area (Å²) in [6.45, 7) is 0. The van der Waals surface area contributed by atoms with Gasteiger partial charge in [0.1, 0.15) is 5.75 Å². The van der Waals surface area contributed by atoms with Crippen molar-refractivity contribution in [1.29, 1.82) is 0 Å². The summed E-state index contributed by atoms with van der Waals surface area (Å²) in [4.78, 5) is 4.56. The average molecular weight is 348 g/mol. The zero-order chi connectivity index (χ0) is 14.8. The Labute approximate surface area is 132 Å². The molecule has 1 aromatic heterocycles. The van der Waals surface area contributed by atoms with Gasteiger partial charge >= 0.3 is 0 Å². The molecule has 1 aliphatic carbocycles. The van der Waals surface area contributed by atoms with Gasteiger partial charge in [-0.2, -0.15) is 0 Å². The van der Waals surface area contributed by atoms with E-state index >= 15 is 0 Å². The van der Waals surface area contributed by atoms with Gasteiger partial charge in [-0.25, -0.2) is 0 Å². The smallest absolute Gasteiger partial charge is 0.133 e. The standard InChI is InChI=1S/C16H18BrN3O/c1-21-14-7-5-11(9-13(14)17)16(20-18)12-6-4-10-3-2-8-19-15(10)12/h2-3,5,7-9,12,16,20H,4,6,18H2,1H3. The molecule has 2 atom stereocenters. The van der Waals surface area contributed by atoms with Crippen molar-refractivity contribution < 1.29 is 4.74 Å². The molecule has 21 heavy (non-hydrogen) atoms. The molecule has 0 amide bonds. The Hall–Kier alpha value is -1.43. The van der Waals surface area contributed by atoms with Crippen LogP contribution in [0.2, 0.25) is 0 Å². The summed E-state index contributed by atoms with van der Waals surface area (Å²) < 4.78 is 6.22. The van der Waals surface area contributed by atoms with E-state index in [2.05, 4.69) is 44.5 Å². The third-order valence-electron chi connectivity index (χ3n) is 4.12. The maximum Gasteiger partial charge on any atom is 0.133 e. The highest BCUT2D eigenvalue weighted by Gasteiger charge is 2.31. The Morgan fingerprint density at radius 1 is 1.43 bits per heavy atom. The van der Waals surface area contributed by atoms with E-state index in [-0.39, 0.29) is 6.04 Å². The lowest BCUT2D eigenvalue weighted by Crippen LogP contribution is -2.32. The van der Waals surface area contributed by atoms with E-state index in [1.165, 1.54) is 5.56 Å². The maximum absolute atomic E-state index is 5.84. The second-order valence-corrected chi connectivity index (χ2v) is 6.09. The lowest BCUT2D eigenvalue weighted by Gasteiger charge is -2.24. The van der Waals surface area contributed by atoms with Gasteiger partial charge in [0.2, 0.25) is 0 Å². The summed E-state index contributed by atoms with van der Waals surface area (Å²) >= 11 is 3.54. The number of ether oxygens (including phenoxy) is 1. The molecule has 0 aliphatic heterocycles. The molecule has 2 aromatic rings. The number of halogens is 1. The molecule has 2 unspecified atom stereocenters. The zero-order valence-electron chi connectivity index (χ0n) is 11.8. The van der Waals surface area contributed by atoms with Crippen molar-refractivity contribution >= 4 is 15.9 Å². The predicted molar refractivity (Wildman–Crippen MR) is 86.1 cm³/mol. The number of aryl methyl sites for hydroxylation is 1. The van der Waals surface area contributed by atoms with E-state index in [4.69, 9.17) is 10.6 Å². The fourth-order valence-corrected chi connectivity index (χ4v) is 3.65. The Bertz CT molecular complexity index is 647. The van der Waals surface area contributed by atoms with Gasteiger partial charge < -0.3 is 4.74 Å². The molecule has 1 aromatic carbocycles. The van der Waals surface area contributed by atoms with Crippen molar-refractivity contribution in [3.05, 3.63) is 57.8 Å². The Morgan fingerprint density at radius 3 is 3.00 bits per heavy atom. The number of nitrogens with two attached hydrogens (primary N) is 1. The topological polar surface area (TPSA) is 60.2 Å². The van der Waals surface area contributed by atoms with Crippen LogP contribution < -0.4 is 16.0 Å². The van der Waals surface area contributed by atoms with Crippen LogP contribution in [0.3, 0.4) is 0 Å². The molecule has 4 nitrogen and oxygen atoms in total. The highest BCUT2D eigenvalue weighted by atomic mass is 79.9. The van der Waals surface area contributed by atoms with Crippen molar-refractivity contribution in [3.8, 4) is 5.75 Å². The minimum atomic E-state index is 0.0448. The van der Waals surface area contributed by atoms with Crippen LogP contribution in [0.1, 0.15) is 35.2 Å². The molecule has 0 fully saturated rings. The fourth-order valence-electron chi connectivity index (χ4n) is 3.09. The minimum absolute atomic E-state index is 0.0448. The third-order valence-corrected chi connectivity index (χ3v) is 4.74. The van der Waals surface area contributed by atoms with Gasteiger partial charge in [0.25, 0.3) is 0 Å². The number of hydrogen-bond donors (Lipinski definition) is 2. The Kier molecular flexibility index (Phi) is 4.24. The van der Waals surface area contributed by atoms with Gasteiger partial charge in [0.05, 0.1) is 17.6 Å². The molecule has 5 heteroatoms. The Balaban J connectivity index is 1.95. The van der Waals surface area contributed by atoms with E-state index < -0.39 is 0 Å². The first-order valence-corrected chi connectivity index (χ1v) is 7.77. The molecule has 0 spiro atoms. The number of fused-ring (bicyclic) bond motifs is 1. The predicted octanol–water partition coefficient (Wildman–Crippen LogP) is 3.09. The first-order valence-electron chi connectivity index (χ1n) is 6.98. The monoisotopic (exact) mass is 347 g/mol. The second kappa shape index (κ2) is 6.13. The highest BCUT2D eigenvalue weighted by molar-refractivity contribution is 9.10. The lowest BCUT2D eigenvalue weighted by molar-refractivity contribution is 0.410. The van der Waals surface area contributed by atoms with E-state index in [9.17, 15) is 0 Å². The molecule has 0 radical (unpaired) electrons. The number of hydrogen-bond acceptors (Lipinski definition) is 4. The SMILES string of the molecule is COc1ccc(C(NN)C2CCc3cccnc32)cc1Br. The van der Waals surface area contributed by atoms with Crippen LogP contribution >= 0.6 is 15.9 Å². The van der Waals surface area contributed by atoms with Crippen LogP contribution in [0.4, 0.5) is 0 Å². The molecule has 0 saturated carbocycles. The number of nitrogens with one attached hydrogen (secondary N) is 1. The summed E-state index contributed by atoms with van der Waals surface area (Å²) in [5.74, 6) is 6.95. The summed E-state index contributed by atoms with van der Waals surface area (Å²) in [7, 11) is 1.66. The molecule has 1 heterocycles. The van der Waals surface area contributed by atoms with Gasteiger partial charge in [-0.05, 0) is 58.1 Å². The summed E-state index contributed by atoms with van der Waals surface area (Å²) in [6, 6.07) is 10.3. The molecule has 110 valence electrons. The van der Waals surface area contributed by atoms with Crippen LogP contribution in [0.5, 0.6) is 5.75 Å². The Morgan fingerprint density at radius 2 is 2.29 bits per heavy atom. The normalized spacial score (nSPS) is 18.3. The first kappa shape index (κ1) is 14.5. The van der Waals surface area contributed by atoms with Crippen LogP contribution in [0, 0.1) is 0 Å². The molecule has 1 aliphatic rings. The largest absolute Gasteiger partial charge is 0.496 e. The zero-order valence-corrected chi connectivity index (χ0v) is 13.4. The number of aromatic nitrogens is 1. The molecule has 3 rings (SSSR count). The van der Waals surface area contributed by atoms with Crippen molar-refractivity contribution in [3.63, 3.8) is 0 Å². The summed E-state index contributed by atoms with van der Waals surface area (Å²) in [5.41, 5.74) is 6.59. The van der Waals surface area contributed by atoms with Crippen molar-refractivity contribution in [2.24, 2.45) is 5.84 Å². The summed E-state index contributed by atoms with van der Waals surface area (Å²) in [5, 5.41) is 0. The van der Waals surface area contributed by atoms with E-state index in [0.717, 1.165) is 34.3 Å². The molecule has 0 saturated heterocycles. The number of methoxy groups -OCH3 is 1. The van der Waals surface area contributed by atoms with Gasteiger partial charge in [-0.3, -0.25) is 16.3 Å². The molecule has 0 bridgehead atoms. The molecular weight excluding hydrogens is 330 g/mol. The number of nitrogens with zero attached hydrogens (tertiary/aromatic N) is 1. The maximum atomic E-state index is 5.84. The van der Waals surface area contributed by atoms with E-state index in [0.29, 0.717) is 5.92 Å². The number of rotatable bonds is 4. The summed E-state index contributed by atoms with van der Waals surface area (Å²) in [6.07, 6.45) is 3.98. The first-order chi connectivity index (χ1) is 10.2. The highest BCUT2D eigenvalue weighted by Crippen LogP contribution is 2.41. The van der Waals surface area contributed by atoms with E-state index in [1.807, 2.05) is 18.3 Å². The van der Waals surface area contributed by atoms with Crippen molar-refractivity contribution in [2.45, 2.75) is 24.8 Å². The van der Waals surface area contributed by atoms with Gasteiger partial charge in [0.15, 0.2) is 0 Å². The fraction of sp³-hybridized carbons (Fsp3) is 0.312. The van der Waals surface area contributed by atoms with Gasteiger partial charge in [0, 0.05) is 17.8 Å². The third kappa shape index (κ3) is 2.69. The van der Waals surface area contributed by atoms with Crippen molar-refractivity contribution in [2.75, 3.05) is 7.11 Å². The van der Waals surface area contributed by atoms with Crippen LogP contribution in [0.15, 0.2) is 41.0 Å². The number of benzene rings is 1. The van der Waals surface area contributed by atoms with E-state index in [1.54, 1.807) is 7.11 Å². The lowest BCUT2D eigenvalue weighted by atomic mass is 9.91. The van der Waals surface area contributed by atoms with Crippen LogP contribution in [-0.2, 0) is 6.42 Å². The van der Waals surface area contributed by atoms with Crippen molar-refractivity contribution in [1.82, 2.24) is 10.4 Å². The second-order valence-electron chi connectivity index (χ2n) is 5.23. The molecular formula is C16H18BrN3O. The van der Waals surface area contributed by atoms with Gasteiger partial charge in [-0.1, -0.05) is 12.1 Å². The van der Waals surface area contributed by atoms with Gasteiger partial charge in [-0.15, -0.1) is 0 Å². The quantitative estimate of drug-likeness (QED) is 0.659. The molecule has 3 N–H and O–H groups in total.